The fourth-order valence-electron chi connectivity index (χ4n) is 1.17. The lowest BCUT2D eigenvalue weighted by molar-refractivity contribution is -0.325. The molecule has 18 heavy (non-hydrogen) atoms. The molecule has 0 atom stereocenters. The van der Waals surface area contributed by atoms with Crippen LogP contribution < -0.4 is 10.5 Å². The Morgan fingerprint density at radius 2 is 2.00 bits per heavy atom. The minimum absolute atomic E-state index is 0.00680. The smallest absolute Gasteiger partial charge is 0.490 e. The summed E-state index contributed by atoms with van der Waals surface area (Å²) in [6.45, 7) is -0.928. The van der Waals surface area contributed by atoms with Crippen LogP contribution in [0, 0.1) is 0 Å². The molecule has 0 unspecified atom stereocenters. The molecule has 0 saturated heterocycles. The highest BCUT2D eigenvalue weighted by molar-refractivity contribution is 7.80. The highest BCUT2D eigenvalue weighted by Crippen LogP contribution is 2.26. The van der Waals surface area contributed by atoms with Crippen molar-refractivity contribution in [1.29, 1.82) is 0 Å². The topological polar surface area (TPSA) is 44.5 Å². The van der Waals surface area contributed by atoms with Crippen molar-refractivity contribution in [3.8, 4) is 5.75 Å². The lowest BCUT2D eigenvalue weighted by atomic mass is 10.2. The van der Waals surface area contributed by atoms with Crippen molar-refractivity contribution in [3.63, 3.8) is 0 Å². The Bertz CT molecular complexity index is 440. The number of rotatable bonds is 5. The Labute approximate surface area is 112 Å². The van der Waals surface area contributed by atoms with Crippen LogP contribution >= 0.6 is 23.8 Å². The van der Waals surface area contributed by atoms with Gasteiger partial charge in [-0.2, -0.15) is 0 Å². The van der Waals surface area contributed by atoms with Gasteiger partial charge in [-0.15, -0.1) is 13.2 Å². The average Bonchev–Trinajstić information content (AvgIpc) is 2.22. The molecule has 0 radical (unpaired) electrons. The van der Waals surface area contributed by atoms with Crippen molar-refractivity contribution in [2.75, 3.05) is 13.2 Å². The normalized spacial score (nSPS) is 11.3. The van der Waals surface area contributed by atoms with Crippen LogP contribution in [-0.4, -0.2) is 24.6 Å². The second-order valence-corrected chi connectivity index (χ2v) is 3.97. The molecule has 0 spiro atoms. The van der Waals surface area contributed by atoms with Gasteiger partial charge in [0.05, 0.1) is 17.2 Å². The van der Waals surface area contributed by atoms with E-state index in [1.54, 1.807) is 12.1 Å². The van der Waals surface area contributed by atoms with Crippen molar-refractivity contribution < 1.29 is 22.6 Å². The summed E-state index contributed by atoms with van der Waals surface area (Å²) in [4.78, 5) is 0.00680. The van der Waals surface area contributed by atoms with Gasteiger partial charge >= 0.3 is 6.36 Å². The summed E-state index contributed by atoms with van der Waals surface area (Å²) < 4.78 is 43.8. The molecule has 8 heteroatoms. The first-order valence-corrected chi connectivity index (χ1v) is 5.51. The van der Waals surface area contributed by atoms with Crippen LogP contribution in [0.2, 0.25) is 5.02 Å². The fraction of sp³-hybridized carbons (Fsp3) is 0.300. The maximum Gasteiger partial charge on any atom is 0.522 e. The summed E-state index contributed by atoms with van der Waals surface area (Å²) in [6, 6.07) is 4.63. The zero-order valence-corrected chi connectivity index (χ0v) is 10.5. The fourth-order valence-corrected chi connectivity index (χ4v) is 1.71. The van der Waals surface area contributed by atoms with Gasteiger partial charge in [0.2, 0.25) is 0 Å². The van der Waals surface area contributed by atoms with Gasteiger partial charge in [-0.3, -0.25) is 4.74 Å². The maximum absolute atomic E-state index is 11.7. The van der Waals surface area contributed by atoms with Gasteiger partial charge < -0.3 is 10.5 Å². The maximum atomic E-state index is 11.7. The van der Waals surface area contributed by atoms with E-state index in [1.807, 2.05) is 0 Å². The van der Waals surface area contributed by atoms with Gasteiger partial charge in [-0.05, 0) is 12.1 Å². The number of hydrogen-bond donors (Lipinski definition) is 1. The molecule has 2 N–H and O–H groups in total. The van der Waals surface area contributed by atoms with E-state index >= 15 is 0 Å². The summed E-state index contributed by atoms with van der Waals surface area (Å²) in [6.07, 6.45) is -4.68. The molecular weight excluding hydrogens is 291 g/mol. The summed E-state index contributed by atoms with van der Waals surface area (Å²) >= 11 is 10.6. The van der Waals surface area contributed by atoms with Crippen LogP contribution in [0.1, 0.15) is 5.56 Å². The highest BCUT2D eigenvalue weighted by Gasteiger charge is 2.28. The molecule has 0 fully saturated rings. The van der Waals surface area contributed by atoms with Crippen molar-refractivity contribution in [2.24, 2.45) is 5.73 Å². The van der Waals surface area contributed by atoms with Gasteiger partial charge in [-0.1, -0.05) is 29.9 Å². The van der Waals surface area contributed by atoms with Crippen LogP contribution in [0.25, 0.3) is 0 Å². The van der Waals surface area contributed by atoms with Gasteiger partial charge in [0.25, 0.3) is 0 Å². The van der Waals surface area contributed by atoms with E-state index in [1.165, 1.54) is 6.07 Å². The van der Waals surface area contributed by atoms with Crippen molar-refractivity contribution in [1.82, 2.24) is 0 Å². The zero-order valence-electron chi connectivity index (χ0n) is 8.96. The summed E-state index contributed by atoms with van der Waals surface area (Å²) in [5, 5.41) is 0.275. The molecule has 0 aromatic heterocycles. The standard InChI is InChI=1S/C10H9ClF3NO2S/c11-6-2-1-3-7(8(6)9(15)18)16-4-5-17-10(12,13)14/h1-3H,4-5H2,(H2,15,18). The third kappa shape index (κ3) is 4.67. The van der Waals surface area contributed by atoms with Crippen LogP contribution in [0.5, 0.6) is 5.75 Å². The largest absolute Gasteiger partial charge is 0.522 e. The summed E-state index contributed by atoms with van der Waals surface area (Å²) in [7, 11) is 0. The molecule has 0 bridgehead atoms. The van der Waals surface area contributed by atoms with E-state index in [0.717, 1.165) is 0 Å². The number of ether oxygens (including phenoxy) is 2. The van der Waals surface area contributed by atoms with Crippen molar-refractivity contribution in [3.05, 3.63) is 28.8 Å². The Morgan fingerprint density at radius 3 is 2.56 bits per heavy atom. The minimum atomic E-state index is -4.68. The lowest BCUT2D eigenvalue weighted by Gasteiger charge is -2.12. The Hall–Kier alpha value is -1.05. The van der Waals surface area contributed by atoms with Crippen molar-refractivity contribution >= 4 is 28.8 Å². The second kappa shape index (κ2) is 6.21. The van der Waals surface area contributed by atoms with E-state index in [-0.39, 0.29) is 22.4 Å². The number of thiocarbonyl (C=S) groups is 1. The van der Waals surface area contributed by atoms with E-state index in [9.17, 15) is 13.2 Å². The first-order valence-electron chi connectivity index (χ1n) is 4.73. The third-order valence-corrected chi connectivity index (χ3v) is 2.35. The van der Waals surface area contributed by atoms with Crippen LogP contribution in [0.4, 0.5) is 13.2 Å². The average molecular weight is 300 g/mol. The van der Waals surface area contributed by atoms with Gasteiger partial charge in [0, 0.05) is 0 Å². The lowest BCUT2D eigenvalue weighted by Crippen LogP contribution is -2.19. The molecule has 0 aliphatic rings. The zero-order chi connectivity index (χ0) is 13.8. The quantitative estimate of drug-likeness (QED) is 0.671. The predicted octanol–water partition coefficient (Wildman–Crippen LogP) is 2.89. The molecule has 0 aliphatic heterocycles. The Balaban J connectivity index is 2.63. The number of halogens is 4. The first kappa shape index (κ1) is 15.0. The molecule has 0 aliphatic carbocycles. The summed E-state index contributed by atoms with van der Waals surface area (Å²) in [5.74, 6) is 0.223. The number of alkyl halides is 3. The molecule has 3 nitrogen and oxygen atoms in total. The van der Waals surface area contributed by atoms with E-state index in [4.69, 9.17) is 34.3 Å². The van der Waals surface area contributed by atoms with Crippen LogP contribution in [0.15, 0.2) is 18.2 Å². The molecule has 1 aromatic rings. The minimum Gasteiger partial charge on any atom is -0.490 e. The van der Waals surface area contributed by atoms with E-state index in [0.29, 0.717) is 5.56 Å². The second-order valence-electron chi connectivity index (χ2n) is 3.12. The SMILES string of the molecule is NC(=S)c1c(Cl)cccc1OCCOC(F)(F)F. The monoisotopic (exact) mass is 299 g/mol. The van der Waals surface area contributed by atoms with Crippen molar-refractivity contribution in [2.45, 2.75) is 6.36 Å². The molecule has 100 valence electrons. The molecule has 1 rings (SSSR count). The van der Waals surface area contributed by atoms with E-state index < -0.39 is 13.0 Å². The van der Waals surface area contributed by atoms with Gasteiger partial charge in [0.15, 0.2) is 0 Å². The highest BCUT2D eigenvalue weighted by atomic mass is 35.5. The Kier molecular flexibility index (Phi) is 5.18. The molecular formula is C10H9ClF3NO2S. The van der Waals surface area contributed by atoms with Gasteiger partial charge in [-0.25, -0.2) is 0 Å². The number of nitrogens with two attached hydrogens (primary N) is 1. The number of hydrogen-bond acceptors (Lipinski definition) is 3. The summed E-state index contributed by atoms with van der Waals surface area (Å²) in [5.41, 5.74) is 5.74. The first-order chi connectivity index (χ1) is 8.31. The molecule has 0 saturated carbocycles. The van der Waals surface area contributed by atoms with E-state index in [2.05, 4.69) is 4.74 Å². The molecule has 0 heterocycles. The van der Waals surface area contributed by atoms with Crippen LogP contribution in [0.3, 0.4) is 0 Å². The number of benzene rings is 1. The molecule has 0 amide bonds. The third-order valence-electron chi connectivity index (χ3n) is 1.83. The van der Waals surface area contributed by atoms with Crippen LogP contribution in [-0.2, 0) is 4.74 Å². The Morgan fingerprint density at radius 1 is 1.33 bits per heavy atom. The molecule has 1 aromatic carbocycles. The predicted molar refractivity (Wildman–Crippen MR) is 64.8 cm³/mol. The van der Waals surface area contributed by atoms with Gasteiger partial charge in [0.1, 0.15) is 17.3 Å².